The van der Waals surface area contributed by atoms with Gasteiger partial charge >= 0.3 is 6.03 Å². The van der Waals surface area contributed by atoms with Gasteiger partial charge < -0.3 is 21.3 Å². The molecule has 1 aliphatic carbocycles. The molecule has 1 rings (SSSR count). The van der Waals surface area contributed by atoms with Crippen LogP contribution < -0.4 is 11.5 Å². The maximum atomic E-state index is 12.1. The SMILES string of the molecule is CN(C(=O)N(CC(N)=O)CC(N)=O)C1CCCC1. The van der Waals surface area contributed by atoms with Crippen LogP contribution in [0.3, 0.4) is 0 Å². The van der Waals surface area contributed by atoms with Crippen molar-refractivity contribution in [3.05, 3.63) is 0 Å². The first kappa shape index (κ1) is 14.3. The summed E-state index contributed by atoms with van der Waals surface area (Å²) in [6, 6.07) is -0.208. The van der Waals surface area contributed by atoms with E-state index in [0.717, 1.165) is 30.6 Å². The Morgan fingerprint density at radius 1 is 1.06 bits per heavy atom. The number of amides is 4. The van der Waals surface area contributed by atoms with Gasteiger partial charge in [-0.25, -0.2) is 4.79 Å². The van der Waals surface area contributed by atoms with Crippen molar-refractivity contribution < 1.29 is 14.4 Å². The minimum atomic E-state index is -0.663. The molecular weight excluding hydrogens is 236 g/mol. The molecule has 0 saturated heterocycles. The van der Waals surface area contributed by atoms with E-state index in [0.29, 0.717) is 0 Å². The van der Waals surface area contributed by atoms with Crippen LogP contribution in [0, 0.1) is 0 Å². The molecule has 4 N–H and O–H groups in total. The zero-order valence-electron chi connectivity index (χ0n) is 10.6. The van der Waals surface area contributed by atoms with Gasteiger partial charge in [0.25, 0.3) is 0 Å². The van der Waals surface area contributed by atoms with Crippen LogP contribution in [-0.2, 0) is 9.59 Å². The van der Waals surface area contributed by atoms with Crippen molar-refractivity contribution in [2.45, 2.75) is 31.7 Å². The Morgan fingerprint density at radius 3 is 1.89 bits per heavy atom. The van der Waals surface area contributed by atoms with Crippen molar-refractivity contribution in [1.82, 2.24) is 9.80 Å². The minimum absolute atomic E-state index is 0.167. The smallest absolute Gasteiger partial charge is 0.320 e. The second-order valence-corrected chi connectivity index (χ2v) is 4.62. The van der Waals surface area contributed by atoms with Crippen molar-refractivity contribution in [2.24, 2.45) is 11.5 Å². The minimum Gasteiger partial charge on any atom is -0.368 e. The predicted molar refractivity (Wildman–Crippen MR) is 65.4 cm³/mol. The van der Waals surface area contributed by atoms with Gasteiger partial charge in [0.05, 0.1) is 0 Å². The fourth-order valence-electron chi connectivity index (χ4n) is 2.24. The second-order valence-electron chi connectivity index (χ2n) is 4.62. The molecule has 0 aromatic carbocycles. The van der Waals surface area contributed by atoms with E-state index in [2.05, 4.69) is 0 Å². The van der Waals surface area contributed by atoms with E-state index in [1.54, 1.807) is 11.9 Å². The van der Waals surface area contributed by atoms with E-state index >= 15 is 0 Å². The summed E-state index contributed by atoms with van der Waals surface area (Å²) in [5.41, 5.74) is 10.1. The van der Waals surface area contributed by atoms with Gasteiger partial charge in [-0.05, 0) is 12.8 Å². The van der Waals surface area contributed by atoms with Gasteiger partial charge in [0.15, 0.2) is 0 Å². The monoisotopic (exact) mass is 256 g/mol. The molecule has 4 amide bonds. The van der Waals surface area contributed by atoms with E-state index in [1.807, 2.05) is 0 Å². The number of hydrogen-bond donors (Lipinski definition) is 2. The number of rotatable bonds is 5. The summed E-state index contributed by atoms with van der Waals surface area (Å²) in [5, 5.41) is 0. The number of hydrogen-bond acceptors (Lipinski definition) is 3. The molecule has 102 valence electrons. The van der Waals surface area contributed by atoms with Crippen LogP contribution in [0.1, 0.15) is 25.7 Å². The molecular formula is C11H20N4O3. The highest BCUT2D eigenvalue weighted by Gasteiger charge is 2.28. The number of nitrogens with two attached hydrogens (primary N) is 2. The van der Waals surface area contributed by atoms with Crippen molar-refractivity contribution in [3.63, 3.8) is 0 Å². The van der Waals surface area contributed by atoms with Crippen LogP contribution in [0.25, 0.3) is 0 Å². The molecule has 7 nitrogen and oxygen atoms in total. The molecule has 0 spiro atoms. The van der Waals surface area contributed by atoms with Gasteiger partial charge in [-0.3, -0.25) is 9.59 Å². The van der Waals surface area contributed by atoms with E-state index in [1.165, 1.54) is 0 Å². The predicted octanol–water partition coefficient (Wildman–Crippen LogP) is -0.747. The van der Waals surface area contributed by atoms with Crippen LogP contribution >= 0.6 is 0 Å². The molecule has 18 heavy (non-hydrogen) atoms. The molecule has 0 atom stereocenters. The van der Waals surface area contributed by atoms with Crippen LogP contribution in [0.15, 0.2) is 0 Å². The molecule has 1 fully saturated rings. The Labute approximate surface area is 106 Å². The van der Waals surface area contributed by atoms with E-state index < -0.39 is 11.8 Å². The van der Waals surface area contributed by atoms with Gasteiger partial charge in [-0.1, -0.05) is 12.8 Å². The molecule has 7 heteroatoms. The average Bonchev–Trinajstić information content (AvgIpc) is 2.78. The summed E-state index contributed by atoms with van der Waals surface area (Å²) in [4.78, 5) is 36.6. The van der Waals surface area contributed by atoms with Crippen molar-refractivity contribution in [3.8, 4) is 0 Å². The molecule has 0 unspecified atom stereocenters. The van der Waals surface area contributed by atoms with Gasteiger partial charge in [0, 0.05) is 13.1 Å². The lowest BCUT2D eigenvalue weighted by molar-refractivity contribution is -0.121. The standard InChI is InChI=1S/C11H20N4O3/c1-14(8-4-2-3-5-8)11(18)15(6-9(12)16)7-10(13)17/h8H,2-7H2,1H3,(H2,12,16)(H2,13,17). The van der Waals surface area contributed by atoms with Gasteiger partial charge in [0.2, 0.25) is 11.8 Å². The molecule has 0 heterocycles. The van der Waals surface area contributed by atoms with E-state index in [9.17, 15) is 14.4 Å². The maximum absolute atomic E-state index is 12.1. The summed E-state index contributed by atoms with van der Waals surface area (Å²) < 4.78 is 0. The summed E-state index contributed by atoms with van der Waals surface area (Å²) in [6.45, 7) is -0.586. The number of primary amides is 2. The highest BCUT2D eigenvalue weighted by atomic mass is 16.2. The van der Waals surface area contributed by atoms with Crippen LogP contribution in [0.2, 0.25) is 0 Å². The van der Waals surface area contributed by atoms with Gasteiger partial charge in [0.1, 0.15) is 13.1 Å². The van der Waals surface area contributed by atoms with Crippen molar-refractivity contribution in [1.29, 1.82) is 0 Å². The van der Waals surface area contributed by atoms with Crippen LogP contribution in [0.4, 0.5) is 4.79 Å². The number of urea groups is 1. The first-order valence-corrected chi connectivity index (χ1v) is 6.00. The summed E-state index contributed by atoms with van der Waals surface area (Å²) >= 11 is 0. The highest BCUT2D eigenvalue weighted by Crippen LogP contribution is 2.23. The summed E-state index contributed by atoms with van der Waals surface area (Å²) in [7, 11) is 1.67. The second kappa shape index (κ2) is 6.23. The normalized spacial score (nSPS) is 15.4. The Balaban J connectivity index is 2.67. The Hall–Kier alpha value is -1.79. The zero-order valence-corrected chi connectivity index (χ0v) is 10.6. The van der Waals surface area contributed by atoms with Crippen LogP contribution in [0.5, 0.6) is 0 Å². The lowest BCUT2D eigenvalue weighted by Gasteiger charge is -2.30. The third kappa shape index (κ3) is 3.90. The third-order valence-corrected chi connectivity index (χ3v) is 3.14. The van der Waals surface area contributed by atoms with Crippen molar-refractivity contribution >= 4 is 17.8 Å². The molecule has 0 aliphatic heterocycles. The molecule has 0 aromatic heterocycles. The molecule has 0 aromatic rings. The highest BCUT2D eigenvalue weighted by molar-refractivity contribution is 5.87. The zero-order chi connectivity index (χ0) is 13.7. The fourth-order valence-corrected chi connectivity index (χ4v) is 2.24. The number of carbonyl (C=O) groups excluding carboxylic acids is 3. The first-order valence-electron chi connectivity index (χ1n) is 6.00. The molecule has 1 aliphatic rings. The quantitative estimate of drug-likeness (QED) is 0.675. The van der Waals surface area contributed by atoms with E-state index in [-0.39, 0.29) is 25.2 Å². The van der Waals surface area contributed by atoms with Crippen molar-refractivity contribution in [2.75, 3.05) is 20.1 Å². The average molecular weight is 256 g/mol. The lowest BCUT2D eigenvalue weighted by Crippen LogP contribution is -2.50. The van der Waals surface area contributed by atoms with Crippen LogP contribution in [-0.4, -0.2) is 53.8 Å². The van der Waals surface area contributed by atoms with E-state index in [4.69, 9.17) is 11.5 Å². The summed E-state index contributed by atoms with van der Waals surface area (Å²) in [5.74, 6) is -1.33. The van der Waals surface area contributed by atoms with Gasteiger partial charge in [-0.15, -0.1) is 0 Å². The largest absolute Gasteiger partial charge is 0.368 e. The summed E-state index contributed by atoms with van der Waals surface area (Å²) in [6.07, 6.45) is 4.08. The Morgan fingerprint density at radius 2 is 1.50 bits per heavy atom. The Kier molecular flexibility index (Phi) is 4.94. The molecule has 0 bridgehead atoms. The molecule has 1 saturated carbocycles. The maximum Gasteiger partial charge on any atom is 0.320 e. The fraction of sp³-hybridized carbons (Fsp3) is 0.727. The Bertz CT molecular complexity index is 323. The number of nitrogens with zero attached hydrogens (tertiary/aromatic N) is 2. The first-order chi connectivity index (χ1) is 8.41. The number of carbonyl (C=O) groups is 3. The topological polar surface area (TPSA) is 110 Å². The third-order valence-electron chi connectivity index (χ3n) is 3.14. The molecule has 0 radical (unpaired) electrons. The lowest BCUT2D eigenvalue weighted by atomic mass is 10.2. The van der Waals surface area contributed by atoms with Gasteiger partial charge in [-0.2, -0.15) is 0 Å².